The Kier molecular flexibility index (Phi) is 9.58. The van der Waals surface area contributed by atoms with Gasteiger partial charge in [0.25, 0.3) is 0 Å². The smallest absolute Gasteiger partial charge is 0.340 e. The SMILES string of the molecule is CCOP(=O)(Cc1cc(COC(=O)C(NC(C)=O)C(=O)O)cc(-c2ccc3ccccc3c2)c1)OCC. The molecule has 0 radical (unpaired) electrons. The van der Waals surface area contributed by atoms with Crippen LogP contribution in [-0.2, 0) is 45.5 Å². The molecule has 1 amide bonds. The van der Waals surface area contributed by atoms with Crippen molar-refractivity contribution in [3.63, 3.8) is 0 Å². The Balaban J connectivity index is 1.97. The Hall–Kier alpha value is -3.52. The predicted molar refractivity (Wildman–Crippen MR) is 139 cm³/mol. The number of esters is 1. The fraction of sp³-hybridized carbons (Fsp3) is 0.296. The topological polar surface area (TPSA) is 128 Å². The number of carbonyl (C=O) groups is 3. The molecule has 0 bridgehead atoms. The molecule has 9 nitrogen and oxygen atoms in total. The molecule has 0 spiro atoms. The number of hydrogen-bond donors (Lipinski definition) is 2. The highest BCUT2D eigenvalue weighted by Crippen LogP contribution is 2.51. The van der Waals surface area contributed by atoms with Gasteiger partial charge in [-0.1, -0.05) is 48.5 Å². The van der Waals surface area contributed by atoms with Gasteiger partial charge < -0.3 is 24.2 Å². The van der Waals surface area contributed by atoms with E-state index in [1.807, 2.05) is 48.5 Å². The van der Waals surface area contributed by atoms with Gasteiger partial charge in [-0.15, -0.1) is 0 Å². The summed E-state index contributed by atoms with van der Waals surface area (Å²) in [5, 5.41) is 13.4. The van der Waals surface area contributed by atoms with Crippen molar-refractivity contribution in [3.8, 4) is 11.1 Å². The second-order valence-corrected chi connectivity index (χ2v) is 10.3. The molecule has 0 saturated carbocycles. The van der Waals surface area contributed by atoms with Crippen molar-refractivity contribution in [1.82, 2.24) is 5.32 Å². The van der Waals surface area contributed by atoms with Crippen LogP contribution in [0.4, 0.5) is 0 Å². The van der Waals surface area contributed by atoms with Gasteiger partial charge in [-0.2, -0.15) is 0 Å². The summed E-state index contributed by atoms with van der Waals surface area (Å²) in [5.74, 6) is -3.30. The predicted octanol–water partition coefficient (Wildman–Crippen LogP) is 4.91. The lowest BCUT2D eigenvalue weighted by molar-refractivity contribution is -0.157. The summed E-state index contributed by atoms with van der Waals surface area (Å²) in [7, 11) is -3.43. The molecule has 0 heterocycles. The minimum absolute atomic E-state index is 0.000685. The molecular weight excluding hydrogens is 497 g/mol. The number of aliphatic carboxylic acids is 1. The van der Waals surface area contributed by atoms with Gasteiger partial charge in [0.2, 0.25) is 11.9 Å². The molecule has 3 aromatic rings. The zero-order chi connectivity index (χ0) is 27.0. The number of nitrogens with one attached hydrogen (secondary N) is 1. The minimum atomic E-state index is -3.43. The average molecular weight is 528 g/mol. The number of fused-ring (bicyclic) bond motifs is 1. The number of hydrogen-bond acceptors (Lipinski definition) is 7. The second-order valence-electron chi connectivity index (χ2n) is 8.28. The summed E-state index contributed by atoms with van der Waals surface area (Å²) in [6.07, 6.45) is 0.000685. The Bertz CT molecular complexity index is 1330. The lowest BCUT2D eigenvalue weighted by Gasteiger charge is -2.18. The molecule has 2 N–H and O–H groups in total. The van der Waals surface area contributed by atoms with Crippen molar-refractivity contribution >= 4 is 36.2 Å². The molecule has 0 aliphatic carbocycles. The molecule has 1 atom stereocenters. The van der Waals surface area contributed by atoms with Crippen molar-refractivity contribution in [2.45, 2.75) is 39.6 Å². The standard InChI is InChI=1S/C27H30NO8P/c1-4-35-37(33,36-5-2)17-20-12-19(16-34-27(32)25(26(30)31)28-18(3)29)13-24(14-20)23-11-10-21-8-6-7-9-22(21)15-23/h6-15,25H,4-5,16-17H2,1-3H3,(H,28,29)(H,30,31). The number of carbonyl (C=O) groups excluding carboxylic acids is 2. The van der Waals surface area contributed by atoms with Crippen molar-refractivity contribution in [3.05, 3.63) is 71.8 Å². The molecular formula is C27H30NO8P. The van der Waals surface area contributed by atoms with E-state index in [4.69, 9.17) is 13.8 Å². The summed E-state index contributed by atoms with van der Waals surface area (Å²) in [5.41, 5.74) is 2.85. The van der Waals surface area contributed by atoms with Crippen LogP contribution < -0.4 is 5.32 Å². The lowest BCUT2D eigenvalue weighted by atomic mass is 9.98. The number of carboxylic acid groups (broad SMARTS) is 1. The Morgan fingerprint density at radius 3 is 2.16 bits per heavy atom. The molecule has 0 fully saturated rings. The van der Waals surface area contributed by atoms with Crippen LogP contribution in [0.15, 0.2) is 60.7 Å². The zero-order valence-corrected chi connectivity index (χ0v) is 21.8. The van der Waals surface area contributed by atoms with Gasteiger partial charge in [0, 0.05) is 6.92 Å². The van der Waals surface area contributed by atoms with E-state index in [0.717, 1.165) is 28.8 Å². The highest BCUT2D eigenvalue weighted by molar-refractivity contribution is 7.53. The van der Waals surface area contributed by atoms with E-state index in [2.05, 4.69) is 5.32 Å². The summed E-state index contributed by atoms with van der Waals surface area (Å²) < 4.78 is 29.3. The fourth-order valence-corrected chi connectivity index (χ4v) is 5.55. The fourth-order valence-electron chi connectivity index (χ4n) is 3.88. The molecule has 196 valence electrons. The molecule has 0 aromatic heterocycles. The number of ether oxygens (including phenoxy) is 1. The van der Waals surface area contributed by atoms with Gasteiger partial charge >= 0.3 is 19.5 Å². The van der Waals surface area contributed by atoms with Crippen molar-refractivity contribution < 1.29 is 37.8 Å². The van der Waals surface area contributed by atoms with Crippen LogP contribution in [0.5, 0.6) is 0 Å². The van der Waals surface area contributed by atoms with E-state index in [1.165, 1.54) is 0 Å². The molecule has 10 heteroatoms. The van der Waals surface area contributed by atoms with Crippen LogP contribution in [0.2, 0.25) is 0 Å². The van der Waals surface area contributed by atoms with E-state index in [-0.39, 0.29) is 26.0 Å². The molecule has 0 saturated heterocycles. The van der Waals surface area contributed by atoms with Gasteiger partial charge in [0.05, 0.1) is 19.4 Å². The van der Waals surface area contributed by atoms with E-state index >= 15 is 0 Å². The number of amides is 1. The highest BCUT2D eigenvalue weighted by Gasteiger charge is 2.29. The third-order valence-electron chi connectivity index (χ3n) is 5.37. The Labute approximate surface area is 215 Å². The van der Waals surface area contributed by atoms with E-state index < -0.39 is 31.5 Å². The van der Waals surface area contributed by atoms with Crippen LogP contribution in [0.3, 0.4) is 0 Å². The first-order chi connectivity index (χ1) is 17.6. The first-order valence-corrected chi connectivity index (χ1v) is 13.5. The highest BCUT2D eigenvalue weighted by atomic mass is 31.2. The Morgan fingerprint density at radius 1 is 0.892 bits per heavy atom. The molecule has 3 aromatic carbocycles. The summed E-state index contributed by atoms with van der Waals surface area (Å²) in [6, 6.07) is 17.4. The second kappa shape index (κ2) is 12.6. The van der Waals surface area contributed by atoms with Crippen LogP contribution in [0.25, 0.3) is 21.9 Å². The normalized spacial score (nSPS) is 12.2. The maximum absolute atomic E-state index is 13.2. The molecule has 0 aliphatic rings. The Morgan fingerprint density at radius 2 is 1.54 bits per heavy atom. The number of benzene rings is 3. The number of carboxylic acids is 1. The minimum Gasteiger partial charge on any atom is -0.479 e. The molecule has 1 unspecified atom stereocenters. The van der Waals surface area contributed by atoms with E-state index in [1.54, 1.807) is 26.0 Å². The van der Waals surface area contributed by atoms with Gasteiger partial charge in [-0.3, -0.25) is 9.36 Å². The molecule has 0 aliphatic heterocycles. The third kappa shape index (κ3) is 7.73. The third-order valence-corrected chi connectivity index (χ3v) is 7.43. The summed E-state index contributed by atoms with van der Waals surface area (Å²) >= 11 is 0. The van der Waals surface area contributed by atoms with Gasteiger partial charge in [-0.25, -0.2) is 9.59 Å². The average Bonchev–Trinajstić information content (AvgIpc) is 2.85. The van der Waals surface area contributed by atoms with Crippen molar-refractivity contribution in [2.75, 3.05) is 13.2 Å². The van der Waals surface area contributed by atoms with Crippen molar-refractivity contribution in [1.29, 1.82) is 0 Å². The first kappa shape index (κ1) is 28.1. The maximum atomic E-state index is 13.2. The van der Waals surface area contributed by atoms with Crippen molar-refractivity contribution in [2.24, 2.45) is 0 Å². The monoisotopic (exact) mass is 527 g/mol. The lowest BCUT2D eigenvalue weighted by Crippen LogP contribution is -2.46. The van der Waals surface area contributed by atoms with E-state index in [0.29, 0.717) is 11.1 Å². The van der Waals surface area contributed by atoms with E-state index in [9.17, 15) is 24.1 Å². The molecule has 3 rings (SSSR count). The quantitative estimate of drug-likeness (QED) is 0.193. The van der Waals surface area contributed by atoms with Crippen LogP contribution in [0, 0.1) is 0 Å². The van der Waals surface area contributed by atoms with Gasteiger partial charge in [-0.05, 0) is 59.0 Å². The van der Waals surface area contributed by atoms with Crippen LogP contribution in [-0.4, -0.2) is 42.2 Å². The first-order valence-electron chi connectivity index (χ1n) is 11.8. The summed E-state index contributed by atoms with van der Waals surface area (Å²) in [6.45, 7) is 4.74. The maximum Gasteiger partial charge on any atom is 0.340 e. The van der Waals surface area contributed by atoms with Crippen LogP contribution in [0.1, 0.15) is 31.9 Å². The summed E-state index contributed by atoms with van der Waals surface area (Å²) in [4.78, 5) is 35.1. The van der Waals surface area contributed by atoms with Gasteiger partial charge in [0.15, 0.2) is 0 Å². The zero-order valence-electron chi connectivity index (χ0n) is 20.9. The van der Waals surface area contributed by atoms with Crippen LogP contribution >= 0.6 is 7.60 Å². The number of rotatable bonds is 12. The largest absolute Gasteiger partial charge is 0.479 e. The molecule has 37 heavy (non-hydrogen) atoms. The van der Waals surface area contributed by atoms with Gasteiger partial charge in [0.1, 0.15) is 6.61 Å².